The van der Waals surface area contributed by atoms with Crippen molar-refractivity contribution in [1.29, 1.82) is 0 Å². The maximum atomic E-state index is 5.65. The quantitative estimate of drug-likeness (QED) is 0.901. The number of nitrogens with zero attached hydrogens (tertiary/aromatic N) is 1. The molecule has 3 rings (SSSR count). The first kappa shape index (κ1) is 12.7. The topological polar surface area (TPSA) is 34.1 Å². The van der Waals surface area contributed by atoms with Crippen LogP contribution in [0.25, 0.3) is 10.2 Å². The van der Waals surface area contributed by atoms with Crippen LogP contribution >= 0.6 is 11.3 Å². The van der Waals surface area contributed by atoms with Gasteiger partial charge >= 0.3 is 0 Å². The number of aromatic nitrogens is 1. The number of thiazole rings is 1. The van der Waals surface area contributed by atoms with Crippen molar-refractivity contribution in [2.75, 3.05) is 11.9 Å². The van der Waals surface area contributed by atoms with Crippen LogP contribution in [-0.4, -0.2) is 17.6 Å². The number of benzene rings is 1. The van der Waals surface area contributed by atoms with Gasteiger partial charge in [0.05, 0.1) is 16.8 Å². The predicted molar refractivity (Wildman–Crippen MR) is 81.4 cm³/mol. The van der Waals surface area contributed by atoms with E-state index in [0.29, 0.717) is 12.6 Å². The zero-order chi connectivity index (χ0) is 13.2. The summed E-state index contributed by atoms with van der Waals surface area (Å²) in [6.07, 6.45) is 5.24. The van der Waals surface area contributed by atoms with Gasteiger partial charge in [0.2, 0.25) is 0 Å². The van der Waals surface area contributed by atoms with Crippen molar-refractivity contribution >= 4 is 26.7 Å². The molecule has 2 aromatic rings. The third-order valence-electron chi connectivity index (χ3n) is 3.67. The fraction of sp³-hybridized carbons (Fsp3) is 0.533. The van der Waals surface area contributed by atoms with Crippen LogP contribution in [0.3, 0.4) is 0 Å². The lowest BCUT2D eigenvalue weighted by Crippen LogP contribution is -2.13. The third kappa shape index (κ3) is 2.68. The van der Waals surface area contributed by atoms with Crippen molar-refractivity contribution in [1.82, 2.24) is 4.98 Å². The maximum absolute atomic E-state index is 5.65. The Morgan fingerprint density at radius 1 is 1.37 bits per heavy atom. The maximum Gasteiger partial charge on any atom is 0.184 e. The van der Waals surface area contributed by atoms with Crippen molar-refractivity contribution in [3.8, 4) is 5.75 Å². The van der Waals surface area contributed by atoms with Crippen LogP contribution in [0, 0.1) is 6.92 Å². The van der Waals surface area contributed by atoms with Gasteiger partial charge in [-0.1, -0.05) is 24.2 Å². The first-order valence-corrected chi connectivity index (χ1v) is 7.88. The molecule has 0 radical (unpaired) electrons. The van der Waals surface area contributed by atoms with Gasteiger partial charge in [0.15, 0.2) is 5.13 Å². The van der Waals surface area contributed by atoms with E-state index in [0.717, 1.165) is 22.0 Å². The third-order valence-corrected chi connectivity index (χ3v) is 4.62. The van der Waals surface area contributed by atoms with Crippen LogP contribution in [0.5, 0.6) is 5.75 Å². The number of nitrogens with one attached hydrogen (secondary N) is 1. The summed E-state index contributed by atoms with van der Waals surface area (Å²) in [5.74, 6) is 0.978. The van der Waals surface area contributed by atoms with Crippen LogP contribution < -0.4 is 10.1 Å². The minimum absolute atomic E-state index is 0.619. The number of fused-ring (bicyclic) bond motifs is 1. The lowest BCUT2D eigenvalue weighted by atomic mass is 10.2. The molecular weight excluding hydrogens is 256 g/mol. The molecule has 4 heteroatoms. The monoisotopic (exact) mass is 276 g/mol. The molecule has 0 unspecified atom stereocenters. The fourth-order valence-corrected chi connectivity index (χ4v) is 3.63. The standard InChI is InChI=1S/C15H20N2OS/c1-3-18-13-9-14-12(8-10(13)2)17-15(19-14)16-11-6-4-5-7-11/h8-9,11H,3-7H2,1-2H3,(H,16,17). The molecule has 1 heterocycles. The van der Waals surface area contributed by atoms with Crippen molar-refractivity contribution < 1.29 is 4.74 Å². The molecule has 3 nitrogen and oxygen atoms in total. The number of rotatable bonds is 4. The van der Waals surface area contributed by atoms with E-state index >= 15 is 0 Å². The lowest BCUT2D eigenvalue weighted by Gasteiger charge is -2.09. The van der Waals surface area contributed by atoms with Gasteiger partial charge in [0, 0.05) is 6.04 Å². The van der Waals surface area contributed by atoms with E-state index in [-0.39, 0.29) is 0 Å². The largest absolute Gasteiger partial charge is 0.494 e. The Hall–Kier alpha value is -1.29. The molecule has 102 valence electrons. The van der Waals surface area contributed by atoms with Gasteiger partial charge in [-0.25, -0.2) is 4.98 Å². The molecule has 0 amide bonds. The zero-order valence-corrected chi connectivity index (χ0v) is 12.3. The molecule has 0 aliphatic heterocycles. The average Bonchev–Trinajstić information content (AvgIpc) is 2.99. The van der Waals surface area contributed by atoms with Crippen molar-refractivity contribution in [3.63, 3.8) is 0 Å². The van der Waals surface area contributed by atoms with E-state index in [1.54, 1.807) is 11.3 Å². The smallest absolute Gasteiger partial charge is 0.184 e. The van der Waals surface area contributed by atoms with Gasteiger partial charge in [0.25, 0.3) is 0 Å². The SMILES string of the molecule is CCOc1cc2sc(NC3CCCC3)nc2cc1C. The molecule has 1 N–H and O–H groups in total. The Kier molecular flexibility index (Phi) is 3.60. The minimum Gasteiger partial charge on any atom is -0.494 e. The summed E-state index contributed by atoms with van der Waals surface area (Å²) in [5, 5.41) is 4.62. The van der Waals surface area contributed by atoms with Gasteiger partial charge in [-0.15, -0.1) is 0 Å². The number of ether oxygens (including phenoxy) is 1. The van der Waals surface area contributed by atoms with Crippen LogP contribution in [-0.2, 0) is 0 Å². The second kappa shape index (κ2) is 5.37. The molecule has 1 aliphatic rings. The number of hydrogen-bond donors (Lipinski definition) is 1. The molecule has 0 atom stereocenters. The summed E-state index contributed by atoms with van der Waals surface area (Å²) in [6.45, 7) is 4.80. The second-order valence-corrected chi connectivity index (χ2v) is 6.19. The first-order chi connectivity index (χ1) is 9.26. The fourth-order valence-electron chi connectivity index (χ4n) is 2.68. The normalized spacial score (nSPS) is 16.1. The first-order valence-electron chi connectivity index (χ1n) is 7.07. The molecule has 0 bridgehead atoms. The van der Waals surface area contributed by atoms with Gasteiger partial charge < -0.3 is 10.1 Å². The summed E-state index contributed by atoms with van der Waals surface area (Å²) >= 11 is 1.73. The van der Waals surface area contributed by atoms with Gasteiger partial charge in [0.1, 0.15) is 5.75 Å². The number of hydrogen-bond acceptors (Lipinski definition) is 4. The van der Waals surface area contributed by atoms with Gasteiger partial charge in [-0.05, 0) is 44.4 Å². The Morgan fingerprint density at radius 2 is 2.16 bits per heavy atom. The Balaban J connectivity index is 1.87. The molecule has 1 aromatic carbocycles. The zero-order valence-electron chi connectivity index (χ0n) is 11.5. The second-order valence-electron chi connectivity index (χ2n) is 5.16. The van der Waals surface area contributed by atoms with Gasteiger partial charge in [-0.3, -0.25) is 0 Å². The molecule has 1 aliphatic carbocycles. The van der Waals surface area contributed by atoms with Crippen molar-refractivity contribution in [2.45, 2.75) is 45.6 Å². The molecule has 1 fully saturated rings. The Bertz CT molecular complexity index is 573. The van der Waals surface area contributed by atoms with E-state index in [1.807, 2.05) is 6.92 Å². The van der Waals surface area contributed by atoms with Crippen LogP contribution in [0.15, 0.2) is 12.1 Å². The average molecular weight is 276 g/mol. The highest BCUT2D eigenvalue weighted by molar-refractivity contribution is 7.22. The van der Waals surface area contributed by atoms with Crippen LogP contribution in [0.2, 0.25) is 0 Å². The number of anilines is 1. The summed E-state index contributed by atoms with van der Waals surface area (Å²) < 4.78 is 6.85. The van der Waals surface area contributed by atoms with E-state index in [1.165, 1.54) is 30.4 Å². The van der Waals surface area contributed by atoms with E-state index < -0.39 is 0 Å². The van der Waals surface area contributed by atoms with E-state index in [9.17, 15) is 0 Å². The van der Waals surface area contributed by atoms with Crippen LogP contribution in [0.1, 0.15) is 38.2 Å². The van der Waals surface area contributed by atoms with E-state index in [4.69, 9.17) is 9.72 Å². The van der Waals surface area contributed by atoms with Gasteiger partial charge in [-0.2, -0.15) is 0 Å². The summed E-state index contributed by atoms with van der Waals surface area (Å²) in [7, 11) is 0. The molecular formula is C15H20N2OS. The summed E-state index contributed by atoms with van der Waals surface area (Å²) in [4.78, 5) is 4.69. The highest BCUT2D eigenvalue weighted by atomic mass is 32.1. The highest BCUT2D eigenvalue weighted by Gasteiger charge is 2.16. The summed E-state index contributed by atoms with van der Waals surface area (Å²) in [5.41, 5.74) is 2.23. The van der Waals surface area contributed by atoms with Crippen LogP contribution in [0.4, 0.5) is 5.13 Å². The Labute approximate surface area is 118 Å². The lowest BCUT2D eigenvalue weighted by molar-refractivity contribution is 0.338. The van der Waals surface area contributed by atoms with Crippen molar-refractivity contribution in [3.05, 3.63) is 17.7 Å². The molecule has 19 heavy (non-hydrogen) atoms. The molecule has 1 saturated carbocycles. The number of aryl methyl sites for hydroxylation is 1. The predicted octanol–water partition coefficient (Wildman–Crippen LogP) is 4.36. The van der Waals surface area contributed by atoms with Crippen molar-refractivity contribution in [2.24, 2.45) is 0 Å². The van der Waals surface area contributed by atoms with E-state index in [2.05, 4.69) is 24.4 Å². The molecule has 0 spiro atoms. The minimum atomic E-state index is 0.619. The molecule has 1 aromatic heterocycles. The Morgan fingerprint density at radius 3 is 2.89 bits per heavy atom. The highest BCUT2D eigenvalue weighted by Crippen LogP contribution is 2.33. The summed E-state index contributed by atoms with van der Waals surface area (Å²) in [6, 6.07) is 4.86. The molecule has 0 saturated heterocycles.